The molecule has 0 bridgehead atoms. The Kier molecular flexibility index (Phi) is 1.28. The van der Waals surface area contributed by atoms with E-state index in [1.165, 1.54) is 0 Å². The lowest BCUT2D eigenvalue weighted by Crippen LogP contribution is -2.22. The maximum absolute atomic E-state index is 12.6. The molecule has 1 unspecified atom stereocenters. The summed E-state index contributed by atoms with van der Waals surface area (Å²) in [4.78, 5) is 0. The second kappa shape index (κ2) is 1.94. The Hall–Kier alpha value is -0.110. The molecule has 2 aliphatic rings. The minimum absolute atomic E-state index is 0.403. The van der Waals surface area contributed by atoms with Gasteiger partial charge in [0.25, 0.3) is 0 Å². The minimum Gasteiger partial charge on any atom is -0.327 e. The Bertz CT molecular complexity index is 138. The summed E-state index contributed by atoms with van der Waals surface area (Å²) < 4.78 is 12.6. The Balaban J connectivity index is 1.93. The molecule has 0 amide bonds. The number of halogens is 1. The first-order valence-electron chi connectivity index (χ1n) is 4.13. The molecule has 10 heavy (non-hydrogen) atoms. The molecule has 1 nitrogen and oxygen atoms in total. The third-order valence-electron chi connectivity index (χ3n) is 3.16. The third kappa shape index (κ3) is 0.858. The van der Waals surface area contributed by atoms with Gasteiger partial charge in [-0.3, -0.25) is 0 Å². The van der Waals surface area contributed by atoms with Crippen LogP contribution in [0.1, 0.15) is 32.1 Å². The van der Waals surface area contributed by atoms with Crippen molar-refractivity contribution < 1.29 is 4.39 Å². The minimum atomic E-state index is -0.529. The average Bonchev–Trinajstić information content (AvgIpc) is 2.53. The van der Waals surface area contributed by atoms with Crippen molar-refractivity contribution in [2.45, 2.75) is 44.3 Å². The molecular formula is C8H14FN. The fourth-order valence-electron chi connectivity index (χ4n) is 2.11. The van der Waals surface area contributed by atoms with Gasteiger partial charge in [0, 0.05) is 6.04 Å². The second-order valence-electron chi connectivity index (χ2n) is 3.85. The van der Waals surface area contributed by atoms with E-state index in [-0.39, 0.29) is 0 Å². The standard InChI is InChI=1S/C8H14FN/c9-6-1-3-8(4-2-6)5-7(8)10/h6-7H,1-5,10H2. The lowest BCUT2D eigenvalue weighted by molar-refractivity contribution is 0.192. The van der Waals surface area contributed by atoms with Gasteiger partial charge in [0.05, 0.1) is 0 Å². The van der Waals surface area contributed by atoms with Crippen molar-refractivity contribution in [3.05, 3.63) is 0 Å². The molecule has 0 saturated heterocycles. The summed E-state index contributed by atoms with van der Waals surface area (Å²) in [5.74, 6) is 0. The summed E-state index contributed by atoms with van der Waals surface area (Å²) in [5.41, 5.74) is 6.16. The topological polar surface area (TPSA) is 26.0 Å². The molecular weight excluding hydrogens is 129 g/mol. The summed E-state index contributed by atoms with van der Waals surface area (Å²) in [6.07, 6.45) is 4.21. The van der Waals surface area contributed by atoms with Gasteiger partial charge in [-0.15, -0.1) is 0 Å². The van der Waals surface area contributed by atoms with Gasteiger partial charge in [0.15, 0.2) is 0 Å². The first-order chi connectivity index (χ1) is 4.73. The molecule has 0 aromatic carbocycles. The highest BCUT2D eigenvalue weighted by molar-refractivity contribution is 5.07. The van der Waals surface area contributed by atoms with Crippen LogP contribution < -0.4 is 5.73 Å². The van der Waals surface area contributed by atoms with Gasteiger partial charge in [-0.2, -0.15) is 0 Å². The van der Waals surface area contributed by atoms with Crippen LogP contribution >= 0.6 is 0 Å². The Morgan fingerprint density at radius 2 is 1.80 bits per heavy atom. The highest BCUT2D eigenvalue weighted by atomic mass is 19.1. The third-order valence-corrected chi connectivity index (χ3v) is 3.16. The van der Waals surface area contributed by atoms with Crippen LogP contribution in [0, 0.1) is 5.41 Å². The summed E-state index contributed by atoms with van der Waals surface area (Å²) in [5, 5.41) is 0. The maximum Gasteiger partial charge on any atom is 0.100 e. The van der Waals surface area contributed by atoms with E-state index in [9.17, 15) is 4.39 Å². The van der Waals surface area contributed by atoms with E-state index in [1.54, 1.807) is 0 Å². The smallest absolute Gasteiger partial charge is 0.100 e. The fourth-order valence-corrected chi connectivity index (χ4v) is 2.11. The molecule has 1 atom stereocenters. The van der Waals surface area contributed by atoms with E-state index >= 15 is 0 Å². The molecule has 0 radical (unpaired) electrons. The molecule has 0 aliphatic heterocycles. The largest absolute Gasteiger partial charge is 0.327 e. The maximum atomic E-state index is 12.6. The van der Waals surface area contributed by atoms with Crippen LogP contribution in [-0.4, -0.2) is 12.2 Å². The molecule has 58 valence electrons. The van der Waals surface area contributed by atoms with Crippen LogP contribution in [-0.2, 0) is 0 Å². The molecule has 0 aromatic heterocycles. The van der Waals surface area contributed by atoms with Crippen molar-refractivity contribution in [1.82, 2.24) is 0 Å². The first-order valence-corrected chi connectivity index (χ1v) is 4.13. The molecule has 2 heteroatoms. The molecule has 2 saturated carbocycles. The van der Waals surface area contributed by atoms with Crippen LogP contribution in [0.3, 0.4) is 0 Å². The quantitative estimate of drug-likeness (QED) is 0.548. The van der Waals surface area contributed by atoms with Gasteiger partial charge >= 0.3 is 0 Å². The number of hydrogen-bond donors (Lipinski definition) is 1. The average molecular weight is 143 g/mol. The van der Waals surface area contributed by atoms with E-state index in [0.29, 0.717) is 11.5 Å². The zero-order valence-electron chi connectivity index (χ0n) is 6.15. The number of alkyl halides is 1. The summed E-state index contributed by atoms with van der Waals surface area (Å²) >= 11 is 0. The van der Waals surface area contributed by atoms with E-state index in [4.69, 9.17) is 5.73 Å². The molecule has 0 aromatic rings. The predicted molar refractivity (Wildman–Crippen MR) is 38.4 cm³/mol. The summed E-state index contributed by atoms with van der Waals surface area (Å²) in [6.45, 7) is 0. The molecule has 2 rings (SSSR count). The van der Waals surface area contributed by atoms with Gasteiger partial charge in [-0.1, -0.05) is 0 Å². The highest BCUT2D eigenvalue weighted by Gasteiger charge is 2.52. The van der Waals surface area contributed by atoms with Crippen LogP contribution in [0.25, 0.3) is 0 Å². The lowest BCUT2D eigenvalue weighted by Gasteiger charge is -2.23. The normalized spacial score (nSPS) is 53.4. The zero-order chi connectivity index (χ0) is 7.19. The Labute approximate surface area is 60.8 Å². The van der Waals surface area contributed by atoms with Crippen molar-refractivity contribution >= 4 is 0 Å². The van der Waals surface area contributed by atoms with Crippen molar-refractivity contribution in [1.29, 1.82) is 0 Å². The van der Waals surface area contributed by atoms with Crippen LogP contribution in [0.5, 0.6) is 0 Å². The summed E-state index contributed by atoms with van der Waals surface area (Å²) in [7, 11) is 0. The Morgan fingerprint density at radius 3 is 2.20 bits per heavy atom. The molecule has 2 fully saturated rings. The fraction of sp³-hybridized carbons (Fsp3) is 1.00. The number of rotatable bonds is 0. The van der Waals surface area contributed by atoms with Crippen molar-refractivity contribution in [2.24, 2.45) is 11.1 Å². The molecule has 2 aliphatic carbocycles. The molecule has 0 heterocycles. The summed E-state index contributed by atoms with van der Waals surface area (Å²) in [6, 6.07) is 0.403. The Morgan fingerprint density at radius 1 is 1.30 bits per heavy atom. The highest BCUT2D eigenvalue weighted by Crippen LogP contribution is 2.55. The van der Waals surface area contributed by atoms with E-state index < -0.39 is 6.17 Å². The number of hydrogen-bond acceptors (Lipinski definition) is 1. The van der Waals surface area contributed by atoms with Crippen molar-refractivity contribution in [3.8, 4) is 0 Å². The van der Waals surface area contributed by atoms with Gasteiger partial charge in [0.1, 0.15) is 6.17 Å². The molecule has 1 spiro atoms. The first kappa shape index (κ1) is 6.59. The van der Waals surface area contributed by atoms with Crippen LogP contribution in [0.4, 0.5) is 4.39 Å². The van der Waals surface area contributed by atoms with E-state index in [2.05, 4.69) is 0 Å². The van der Waals surface area contributed by atoms with Gasteiger partial charge in [-0.25, -0.2) is 4.39 Å². The molecule has 2 N–H and O–H groups in total. The second-order valence-corrected chi connectivity index (χ2v) is 3.85. The monoisotopic (exact) mass is 143 g/mol. The van der Waals surface area contributed by atoms with Crippen molar-refractivity contribution in [2.75, 3.05) is 0 Å². The van der Waals surface area contributed by atoms with Crippen LogP contribution in [0.2, 0.25) is 0 Å². The lowest BCUT2D eigenvalue weighted by atomic mass is 9.85. The van der Waals surface area contributed by atoms with Gasteiger partial charge in [0.2, 0.25) is 0 Å². The van der Waals surface area contributed by atoms with E-state index in [0.717, 1.165) is 32.1 Å². The number of nitrogens with two attached hydrogens (primary N) is 1. The van der Waals surface area contributed by atoms with Crippen molar-refractivity contribution in [3.63, 3.8) is 0 Å². The van der Waals surface area contributed by atoms with Gasteiger partial charge in [-0.05, 0) is 37.5 Å². The zero-order valence-corrected chi connectivity index (χ0v) is 6.15. The van der Waals surface area contributed by atoms with E-state index in [1.807, 2.05) is 0 Å². The predicted octanol–water partition coefficient (Wildman–Crippen LogP) is 1.62. The SMILES string of the molecule is NC1CC12CCC(F)CC2. The van der Waals surface area contributed by atoms with Crippen LogP contribution in [0.15, 0.2) is 0 Å². The van der Waals surface area contributed by atoms with Gasteiger partial charge < -0.3 is 5.73 Å².